The van der Waals surface area contributed by atoms with Gasteiger partial charge in [0.05, 0.1) is 15.2 Å². The summed E-state index contributed by atoms with van der Waals surface area (Å²) >= 11 is 1.81. The van der Waals surface area contributed by atoms with Gasteiger partial charge in [-0.25, -0.2) is 4.98 Å². The van der Waals surface area contributed by atoms with Crippen molar-refractivity contribution in [1.29, 1.82) is 0 Å². The van der Waals surface area contributed by atoms with Gasteiger partial charge in [0, 0.05) is 12.0 Å². The second-order valence-electron chi connectivity index (χ2n) is 5.33. The van der Waals surface area contributed by atoms with E-state index in [1.165, 1.54) is 28.1 Å². The lowest BCUT2D eigenvalue weighted by Gasteiger charge is -2.21. The van der Waals surface area contributed by atoms with Crippen molar-refractivity contribution in [2.45, 2.75) is 44.6 Å². The molecule has 1 aromatic carbocycles. The van der Waals surface area contributed by atoms with E-state index >= 15 is 0 Å². The van der Waals surface area contributed by atoms with Crippen LogP contribution < -0.4 is 5.73 Å². The van der Waals surface area contributed by atoms with E-state index in [4.69, 9.17) is 10.7 Å². The van der Waals surface area contributed by atoms with Gasteiger partial charge in [0.2, 0.25) is 0 Å². The number of benzene rings is 1. The third-order valence-corrected chi connectivity index (χ3v) is 4.71. The Morgan fingerprint density at radius 1 is 1.35 bits per heavy atom. The van der Waals surface area contributed by atoms with E-state index in [1.54, 1.807) is 11.3 Å². The van der Waals surface area contributed by atoms with Crippen molar-refractivity contribution < 1.29 is 0 Å². The van der Waals surface area contributed by atoms with Crippen molar-refractivity contribution in [3.8, 4) is 0 Å². The SMILES string of the molecule is Cc1ccc2nc(CC3(N)CCCC3)sc2c1. The predicted molar refractivity (Wildman–Crippen MR) is 73.4 cm³/mol. The Balaban J connectivity index is 1.90. The highest BCUT2D eigenvalue weighted by atomic mass is 32.1. The van der Waals surface area contributed by atoms with E-state index in [0.717, 1.165) is 24.8 Å². The summed E-state index contributed by atoms with van der Waals surface area (Å²) in [6.45, 7) is 2.13. The van der Waals surface area contributed by atoms with E-state index in [2.05, 4.69) is 25.1 Å². The quantitative estimate of drug-likeness (QED) is 0.882. The van der Waals surface area contributed by atoms with Gasteiger partial charge >= 0.3 is 0 Å². The zero-order valence-electron chi connectivity index (χ0n) is 10.2. The lowest BCUT2D eigenvalue weighted by molar-refractivity contribution is 0.436. The van der Waals surface area contributed by atoms with Crippen LogP contribution in [0.25, 0.3) is 10.2 Å². The number of aromatic nitrogens is 1. The number of rotatable bonds is 2. The highest BCUT2D eigenvalue weighted by molar-refractivity contribution is 7.18. The number of aryl methyl sites for hydroxylation is 1. The zero-order chi connectivity index (χ0) is 11.9. The number of nitrogens with zero attached hydrogens (tertiary/aromatic N) is 1. The number of fused-ring (bicyclic) bond motifs is 1. The van der Waals surface area contributed by atoms with E-state index in [9.17, 15) is 0 Å². The summed E-state index contributed by atoms with van der Waals surface area (Å²) in [6.07, 6.45) is 5.82. The first-order valence-corrected chi connectivity index (χ1v) is 7.11. The summed E-state index contributed by atoms with van der Waals surface area (Å²) in [6, 6.07) is 6.45. The fraction of sp³-hybridized carbons (Fsp3) is 0.500. The van der Waals surface area contributed by atoms with Gasteiger partial charge in [0.15, 0.2) is 0 Å². The van der Waals surface area contributed by atoms with Crippen LogP contribution in [0, 0.1) is 6.92 Å². The van der Waals surface area contributed by atoms with Crippen molar-refractivity contribution in [2.75, 3.05) is 0 Å². The molecule has 0 unspecified atom stereocenters. The van der Waals surface area contributed by atoms with Crippen LogP contribution in [-0.4, -0.2) is 10.5 Å². The Kier molecular flexibility index (Phi) is 2.68. The molecule has 0 aliphatic heterocycles. The molecule has 1 aromatic heterocycles. The fourth-order valence-corrected chi connectivity index (χ4v) is 3.93. The van der Waals surface area contributed by atoms with Gasteiger partial charge in [0.1, 0.15) is 0 Å². The van der Waals surface area contributed by atoms with E-state index in [1.807, 2.05) is 0 Å². The van der Waals surface area contributed by atoms with Crippen LogP contribution in [0.15, 0.2) is 18.2 Å². The summed E-state index contributed by atoms with van der Waals surface area (Å²) in [7, 11) is 0. The van der Waals surface area contributed by atoms with Crippen LogP contribution in [0.4, 0.5) is 0 Å². The van der Waals surface area contributed by atoms with Gasteiger partial charge in [-0.05, 0) is 37.5 Å². The second-order valence-corrected chi connectivity index (χ2v) is 6.44. The highest BCUT2D eigenvalue weighted by Crippen LogP contribution is 2.33. The lowest BCUT2D eigenvalue weighted by atomic mass is 9.95. The van der Waals surface area contributed by atoms with E-state index < -0.39 is 0 Å². The summed E-state index contributed by atoms with van der Waals surface area (Å²) in [5, 5.41) is 1.20. The Labute approximate surface area is 106 Å². The van der Waals surface area contributed by atoms with Gasteiger partial charge in [-0.15, -0.1) is 11.3 Å². The Bertz CT molecular complexity index is 538. The molecule has 17 heavy (non-hydrogen) atoms. The van der Waals surface area contributed by atoms with Crippen LogP contribution >= 0.6 is 11.3 Å². The van der Waals surface area contributed by atoms with Crippen molar-refractivity contribution in [3.63, 3.8) is 0 Å². The third kappa shape index (κ3) is 2.22. The van der Waals surface area contributed by atoms with Crippen molar-refractivity contribution in [3.05, 3.63) is 28.8 Å². The number of hydrogen-bond donors (Lipinski definition) is 1. The van der Waals surface area contributed by atoms with Gasteiger partial charge in [-0.3, -0.25) is 0 Å². The lowest BCUT2D eigenvalue weighted by Crippen LogP contribution is -2.38. The minimum absolute atomic E-state index is 0.0168. The molecule has 0 saturated heterocycles. The molecule has 1 aliphatic rings. The molecule has 3 heteroatoms. The maximum Gasteiger partial charge on any atom is 0.0956 e. The molecule has 2 N–H and O–H groups in total. The first kappa shape index (κ1) is 11.2. The molecule has 2 aromatic rings. The Morgan fingerprint density at radius 2 is 2.12 bits per heavy atom. The molecule has 1 fully saturated rings. The molecule has 2 nitrogen and oxygen atoms in total. The van der Waals surface area contributed by atoms with Crippen molar-refractivity contribution in [2.24, 2.45) is 5.73 Å². The molecule has 1 heterocycles. The van der Waals surface area contributed by atoms with Crippen LogP contribution in [0.3, 0.4) is 0 Å². The van der Waals surface area contributed by atoms with E-state index in [0.29, 0.717) is 0 Å². The fourth-order valence-electron chi connectivity index (χ4n) is 2.71. The molecule has 3 rings (SSSR count). The molecule has 0 amide bonds. The van der Waals surface area contributed by atoms with Crippen LogP contribution in [0.1, 0.15) is 36.3 Å². The van der Waals surface area contributed by atoms with Crippen molar-refractivity contribution >= 4 is 21.6 Å². The minimum atomic E-state index is 0.0168. The average molecular weight is 246 g/mol. The Morgan fingerprint density at radius 3 is 2.88 bits per heavy atom. The van der Waals surface area contributed by atoms with Gasteiger partial charge < -0.3 is 5.73 Å². The molecular weight excluding hydrogens is 228 g/mol. The average Bonchev–Trinajstić information content (AvgIpc) is 2.84. The molecule has 0 bridgehead atoms. The monoisotopic (exact) mass is 246 g/mol. The van der Waals surface area contributed by atoms with Crippen molar-refractivity contribution in [1.82, 2.24) is 4.98 Å². The molecule has 1 saturated carbocycles. The standard InChI is InChI=1S/C14H18N2S/c1-10-4-5-11-12(8-10)17-13(16-11)9-14(15)6-2-3-7-14/h4-5,8H,2-3,6-7,9,15H2,1H3. The highest BCUT2D eigenvalue weighted by Gasteiger charge is 2.30. The topological polar surface area (TPSA) is 38.9 Å². The second kappa shape index (κ2) is 4.07. The summed E-state index contributed by atoms with van der Waals surface area (Å²) in [4.78, 5) is 4.70. The van der Waals surface area contributed by atoms with Gasteiger partial charge in [-0.2, -0.15) is 0 Å². The molecule has 0 radical (unpaired) electrons. The first-order chi connectivity index (χ1) is 8.15. The number of hydrogen-bond acceptors (Lipinski definition) is 3. The Hall–Kier alpha value is -0.930. The van der Waals surface area contributed by atoms with Crippen LogP contribution in [0.5, 0.6) is 0 Å². The summed E-state index contributed by atoms with van der Waals surface area (Å²) < 4.78 is 1.29. The predicted octanol–water partition coefficient (Wildman–Crippen LogP) is 3.42. The molecule has 90 valence electrons. The molecule has 0 spiro atoms. The molecule has 1 aliphatic carbocycles. The maximum atomic E-state index is 6.41. The first-order valence-electron chi connectivity index (χ1n) is 6.30. The number of nitrogens with two attached hydrogens (primary N) is 1. The van der Waals surface area contributed by atoms with Crippen LogP contribution in [0.2, 0.25) is 0 Å². The largest absolute Gasteiger partial charge is 0.325 e. The normalized spacial score (nSPS) is 18.9. The minimum Gasteiger partial charge on any atom is -0.325 e. The molecular formula is C14H18N2S. The third-order valence-electron chi connectivity index (χ3n) is 3.69. The zero-order valence-corrected chi connectivity index (χ0v) is 11.0. The van der Waals surface area contributed by atoms with Crippen LogP contribution in [-0.2, 0) is 6.42 Å². The summed E-state index contributed by atoms with van der Waals surface area (Å²) in [5.41, 5.74) is 8.85. The number of thiazole rings is 1. The van der Waals surface area contributed by atoms with Gasteiger partial charge in [0.25, 0.3) is 0 Å². The molecule has 0 atom stereocenters. The maximum absolute atomic E-state index is 6.41. The summed E-state index contributed by atoms with van der Waals surface area (Å²) in [5.74, 6) is 0. The van der Waals surface area contributed by atoms with E-state index in [-0.39, 0.29) is 5.54 Å². The smallest absolute Gasteiger partial charge is 0.0956 e. The van der Waals surface area contributed by atoms with Gasteiger partial charge in [-0.1, -0.05) is 18.9 Å².